The van der Waals surface area contributed by atoms with Crippen molar-refractivity contribution in [2.24, 2.45) is 5.73 Å². The Hall–Kier alpha value is -1.93. The van der Waals surface area contributed by atoms with Crippen LogP contribution in [-0.2, 0) is 19.1 Å². The first-order valence-electron chi connectivity index (χ1n) is 6.49. The second-order valence-corrected chi connectivity index (χ2v) is 5.45. The average molecular weight is 329 g/mol. The number of nitrogens with one attached hydrogen (secondary N) is 1. The molecule has 8 heteroatoms. The number of rotatable bonds is 5. The fourth-order valence-corrected chi connectivity index (χ4v) is 2.66. The van der Waals surface area contributed by atoms with Gasteiger partial charge >= 0.3 is 6.18 Å². The maximum Gasteiger partial charge on any atom is 0.416 e. The number of amides is 1. The van der Waals surface area contributed by atoms with Gasteiger partial charge in [-0.15, -0.1) is 11.3 Å². The molecule has 4 nitrogen and oxygen atoms in total. The van der Waals surface area contributed by atoms with Crippen LogP contribution in [0.5, 0.6) is 0 Å². The van der Waals surface area contributed by atoms with Crippen LogP contribution >= 0.6 is 11.3 Å². The van der Waals surface area contributed by atoms with Crippen molar-refractivity contribution in [1.29, 1.82) is 0 Å². The van der Waals surface area contributed by atoms with E-state index in [1.54, 1.807) is 5.38 Å². The Labute approximate surface area is 129 Å². The number of aromatic nitrogens is 1. The van der Waals surface area contributed by atoms with E-state index in [0.717, 1.165) is 11.1 Å². The van der Waals surface area contributed by atoms with Gasteiger partial charge in [0.25, 0.3) is 5.91 Å². The molecule has 1 aromatic carbocycles. The van der Waals surface area contributed by atoms with Gasteiger partial charge in [-0.05, 0) is 18.2 Å². The molecule has 0 saturated heterocycles. The van der Waals surface area contributed by atoms with Crippen molar-refractivity contribution in [3.05, 3.63) is 51.5 Å². The van der Waals surface area contributed by atoms with Gasteiger partial charge in [0, 0.05) is 18.3 Å². The molecule has 1 heterocycles. The summed E-state index contributed by atoms with van der Waals surface area (Å²) in [4.78, 5) is 16.0. The molecule has 0 atom stereocenters. The van der Waals surface area contributed by atoms with E-state index in [9.17, 15) is 18.0 Å². The van der Waals surface area contributed by atoms with Crippen molar-refractivity contribution in [1.82, 2.24) is 10.3 Å². The molecule has 0 unspecified atom stereocenters. The second-order valence-electron chi connectivity index (χ2n) is 4.50. The molecule has 22 heavy (non-hydrogen) atoms. The minimum Gasteiger partial charge on any atom is -0.347 e. The molecule has 1 amide bonds. The number of benzene rings is 1. The van der Waals surface area contributed by atoms with E-state index < -0.39 is 17.6 Å². The van der Waals surface area contributed by atoms with E-state index >= 15 is 0 Å². The summed E-state index contributed by atoms with van der Waals surface area (Å²) < 4.78 is 38.5. The van der Waals surface area contributed by atoms with Crippen LogP contribution in [0, 0.1) is 0 Å². The van der Waals surface area contributed by atoms with Crippen molar-refractivity contribution in [3.63, 3.8) is 0 Å². The number of carbonyl (C=O) groups is 1. The molecule has 2 rings (SSSR count). The Bertz CT molecular complexity index is 655. The van der Waals surface area contributed by atoms with E-state index in [1.165, 1.54) is 29.5 Å². The van der Waals surface area contributed by atoms with Crippen LogP contribution in [0.15, 0.2) is 29.6 Å². The van der Waals surface area contributed by atoms with Crippen LogP contribution in [0.2, 0.25) is 0 Å². The predicted octanol–water partition coefficient (Wildman–Crippen LogP) is 2.59. The molecule has 2 aromatic rings. The quantitative estimate of drug-likeness (QED) is 0.886. The lowest BCUT2D eigenvalue weighted by Gasteiger charge is -2.12. The third-order valence-corrected chi connectivity index (χ3v) is 3.81. The van der Waals surface area contributed by atoms with Crippen molar-refractivity contribution >= 4 is 17.2 Å². The van der Waals surface area contributed by atoms with Crippen LogP contribution in [-0.4, -0.2) is 17.4 Å². The van der Waals surface area contributed by atoms with E-state index in [0.29, 0.717) is 13.0 Å². The van der Waals surface area contributed by atoms with Gasteiger partial charge in [0.2, 0.25) is 0 Å². The third-order valence-electron chi connectivity index (χ3n) is 2.90. The smallest absolute Gasteiger partial charge is 0.347 e. The molecule has 0 saturated carbocycles. The zero-order valence-corrected chi connectivity index (χ0v) is 12.3. The van der Waals surface area contributed by atoms with E-state index in [2.05, 4.69) is 10.3 Å². The van der Waals surface area contributed by atoms with Crippen LogP contribution < -0.4 is 11.1 Å². The predicted molar refractivity (Wildman–Crippen MR) is 77.5 cm³/mol. The first-order chi connectivity index (χ1) is 10.4. The molecule has 0 spiro atoms. The molecule has 0 aliphatic carbocycles. The first kappa shape index (κ1) is 16.4. The van der Waals surface area contributed by atoms with Gasteiger partial charge in [0.15, 0.2) is 0 Å². The molecule has 0 bridgehead atoms. The molecule has 0 aliphatic heterocycles. The molecule has 0 radical (unpaired) electrons. The van der Waals surface area contributed by atoms with Crippen molar-refractivity contribution < 1.29 is 18.0 Å². The molecule has 0 aliphatic rings. The lowest BCUT2D eigenvalue weighted by molar-refractivity contribution is -0.138. The van der Waals surface area contributed by atoms with Crippen LogP contribution in [0.3, 0.4) is 0 Å². The zero-order valence-electron chi connectivity index (χ0n) is 11.5. The number of carbonyl (C=O) groups excluding carboxylic acids is 1. The van der Waals surface area contributed by atoms with Gasteiger partial charge in [-0.3, -0.25) is 4.79 Å². The number of alkyl halides is 3. The lowest BCUT2D eigenvalue weighted by atomic mass is 10.1. The molecular formula is C14H14F3N3OS. The zero-order chi connectivity index (χ0) is 16.2. The Kier molecular flexibility index (Phi) is 5.15. The largest absolute Gasteiger partial charge is 0.416 e. The highest BCUT2D eigenvalue weighted by Crippen LogP contribution is 2.31. The highest BCUT2D eigenvalue weighted by atomic mass is 32.1. The summed E-state index contributed by atoms with van der Waals surface area (Å²) in [5, 5.41) is 4.75. The highest BCUT2D eigenvalue weighted by molar-refractivity contribution is 7.09. The standard InChI is InChI=1S/C14H14F3N3OS/c15-14(16,17)10-4-2-1-3-9(10)7-19-13(21)11-8-22-12(20-11)5-6-18/h1-4,8H,5-7,18H2,(H,19,21). The number of hydrogen-bond acceptors (Lipinski definition) is 4. The fourth-order valence-electron chi connectivity index (χ4n) is 1.87. The van der Waals surface area contributed by atoms with Crippen molar-refractivity contribution in [2.75, 3.05) is 6.54 Å². The summed E-state index contributed by atoms with van der Waals surface area (Å²) in [7, 11) is 0. The lowest BCUT2D eigenvalue weighted by Crippen LogP contribution is -2.24. The van der Waals surface area contributed by atoms with E-state index in [4.69, 9.17) is 5.73 Å². The molecule has 3 N–H and O–H groups in total. The summed E-state index contributed by atoms with van der Waals surface area (Å²) in [6, 6.07) is 5.14. The maximum absolute atomic E-state index is 12.8. The minimum absolute atomic E-state index is 0.0146. The summed E-state index contributed by atoms with van der Waals surface area (Å²) in [6.07, 6.45) is -3.88. The number of thiazole rings is 1. The van der Waals surface area contributed by atoms with Gasteiger partial charge in [0.1, 0.15) is 5.69 Å². The summed E-state index contributed by atoms with van der Waals surface area (Å²) in [5.41, 5.74) is 4.85. The number of nitrogens with zero attached hydrogens (tertiary/aromatic N) is 1. The van der Waals surface area contributed by atoms with E-state index in [1.807, 2.05) is 0 Å². The number of nitrogens with two attached hydrogens (primary N) is 1. The fraction of sp³-hybridized carbons (Fsp3) is 0.286. The third kappa shape index (κ3) is 4.05. The second kappa shape index (κ2) is 6.89. The van der Waals surface area contributed by atoms with Crippen LogP contribution in [0.4, 0.5) is 13.2 Å². The average Bonchev–Trinajstić information content (AvgIpc) is 2.93. The molecular weight excluding hydrogens is 315 g/mol. The summed E-state index contributed by atoms with van der Waals surface area (Å²) in [6.45, 7) is 0.214. The monoisotopic (exact) mass is 329 g/mol. The number of hydrogen-bond donors (Lipinski definition) is 2. The van der Waals surface area contributed by atoms with Gasteiger partial charge in [-0.2, -0.15) is 13.2 Å². The highest BCUT2D eigenvalue weighted by Gasteiger charge is 2.32. The Morgan fingerprint density at radius 2 is 2.05 bits per heavy atom. The SMILES string of the molecule is NCCc1nc(C(=O)NCc2ccccc2C(F)(F)F)cs1. The van der Waals surface area contributed by atoms with E-state index in [-0.39, 0.29) is 17.8 Å². The summed E-state index contributed by atoms with van der Waals surface area (Å²) >= 11 is 1.30. The van der Waals surface area contributed by atoms with Gasteiger partial charge in [-0.25, -0.2) is 4.98 Å². The van der Waals surface area contributed by atoms with Gasteiger partial charge in [0.05, 0.1) is 10.6 Å². The topological polar surface area (TPSA) is 68.0 Å². The Morgan fingerprint density at radius 1 is 1.32 bits per heavy atom. The minimum atomic E-state index is -4.45. The molecule has 118 valence electrons. The first-order valence-corrected chi connectivity index (χ1v) is 7.37. The van der Waals surface area contributed by atoms with Gasteiger partial charge < -0.3 is 11.1 Å². The van der Waals surface area contributed by atoms with Crippen molar-refractivity contribution in [3.8, 4) is 0 Å². The molecule has 0 fully saturated rings. The number of halogens is 3. The Morgan fingerprint density at radius 3 is 2.73 bits per heavy atom. The van der Waals surface area contributed by atoms with Crippen LogP contribution in [0.25, 0.3) is 0 Å². The van der Waals surface area contributed by atoms with Gasteiger partial charge in [-0.1, -0.05) is 18.2 Å². The maximum atomic E-state index is 12.8. The normalized spacial score (nSPS) is 11.5. The van der Waals surface area contributed by atoms with Crippen LogP contribution in [0.1, 0.15) is 26.6 Å². The van der Waals surface area contributed by atoms with Crippen molar-refractivity contribution in [2.45, 2.75) is 19.1 Å². The molecule has 1 aromatic heterocycles. The Balaban J connectivity index is 2.05. The summed E-state index contributed by atoms with van der Waals surface area (Å²) in [5.74, 6) is -0.503.